The Labute approximate surface area is 177 Å². The summed E-state index contributed by atoms with van der Waals surface area (Å²) in [6, 6.07) is 10.2. The van der Waals surface area contributed by atoms with Gasteiger partial charge in [0.15, 0.2) is 18.4 Å². The number of allylic oxidation sites excluding steroid dienone is 1. The molecule has 0 bridgehead atoms. The maximum absolute atomic E-state index is 12.5. The van der Waals surface area contributed by atoms with E-state index in [0.29, 0.717) is 11.3 Å². The van der Waals surface area contributed by atoms with Crippen molar-refractivity contribution in [1.82, 2.24) is 5.32 Å². The summed E-state index contributed by atoms with van der Waals surface area (Å²) >= 11 is 0. The number of rotatable bonds is 8. The van der Waals surface area contributed by atoms with Crippen LogP contribution < -0.4 is 19.5 Å². The van der Waals surface area contributed by atoms with Gasteiger partial charge >= 0.3 is 5.97 Å². The Bertz CT molecular complexity index is 1030. The number of aliphatic hydroxyl groups is 1. The van der Waals surface area contributed by atoms with Gasteiger partial charge in [0.1, 0.15) is 17.2 Å². The van der Waals surface area contributed by atoms with Gasteiger partial charge in [-0.1, -0.05) is 12.1 Å². The minimum atomic E-state index is -1.44. The van der Waals surface area contributed by atoms with E-state index in [1.807, 2.05) is 0 Å². The summed E-state index contributed by atoms with van der Waals surface area (Å²) in [5, 5.41) is 20.6. The highest BCUT2D eigenvalue weighted by molar-refractivity contribution is 6.14. The molecule has 162 valence electrons. The SMILES string of the molecule is COc1ccc(/C=C2\Oc3cc(OCC(=O)N[C@H](C(=O)O)[C@H](C)O)ccc3C2=O)cc1. The molecule has 3 rings (SSSR count). The Hall–Kier alpha value is -3.85. The molecule has 1 aliphatic heterocycles. The first-order valence-electron chi connectivity index (χ1n) is 9.34. The van der Waals surface area contributed by atoms with E-state index in [1.165, 1.54) is 25.1 Å². The lowest BCUT2D eigenvalue weighted by molar-refractivity contribution is -0.145. The molecule has 0 saturated heterocycles. The highest BCUT2D eigenvalue weighted by atomic mass is 16.5. The third-order valence-corrected chi connectivity index (χ3v) is 4.49. The normalized spacial score (nSPS) is 15.6. The molecule has 1 heterocycles. The van der Waals surface area contributed by atoms with Gasteiger partial charge in [-0.25, -0.2) is 4.79 Å². The van der Waals surface area contributed by atoms with Crippen LogP contribution in [0.5, 0.6) is 17.2 Å². The summed E-state index contributed by atoms with van der Waals surface area (Å²) < 4.78 is 16.1. The molecule has 9 nitrogen and oxygen atoms in total. The predicted molar refractivity (Wildman–Crippen MR) is 109 cm³/mol. The van der Waals surface area contributed by atoms with Gasteiger partial charge in [-0.05, 0) is 42.8 Å². The number of aliphatic carboxylic acids is 1. The van der Waals surface area contributed by atoms with Crippen LogP contribution in [-0.2, 0) is 9.59 Å². The molecule has 0 aliphatic carbocycles. The second-order valence-electron chi connectivity index (χ2n) is 6.78. The quantitative estimate of drug-likeness (QED) is 0.542. The number of hydrogen-bond acceptors (Lipinski definition) is 7. The monoisotopic (exact) mass is 427 g/mol. The maximum Gasteiger partial charge on any atom is 0.328 e. The molecule has 9 heteroatoms. The largest absolute Gasteiger partial charge is 0.497 e. The number of methoxy groups -OCH3 is 1. The molecule has 31 heavy (non-hydrogen) atoms. The molecule has 0 spiro atoms. The van der Waals surface area contributed by atoms with Crippen LogP contribution in [0.1, 0.15) is 22.8 Å². The Kier molecular flexibility index (Phi) is 6.56. The number of carbonyl (C=O) groups is 3. The summed E-state index contributed by atoms with van der Waals surface area (Å²) in [6.07, 6.45) is 0.342. The van der Waals surface area contributed by atoms with Crippen LogP contribution in [0, 0.1) is 0 Å². The van der Waals surface area contributed by atoms with E-state index in [0.717, 1.165) is 5.56 Å². The van der Waals surface area contributed by atoms with Gasteiger partial charge in [0.05, 0.1) is 18.8 Å². The van der Waals surface area contributed by atoms with Gasteiger partial charge in [0, 0.05) is 6.07 Å². The van der Waals surface area contributed by atoms with Gasteiger partial charge in [-0.15, -0.1) is 0 Å². The summed E-state index contributed by atoms with van der Waals surface area (Å²) in [5.41, 5.74) is 1.12. The average molecular weight is 427 g/mol. The molecule has 0 fully saturated rings. The zero-order valence-corrected chi connectivity index (χ0v) is 16.8. The number of aliphatic hydroxyl groups excluding tert-OH is 1. The van der Waals surface area contributed by atoms with Crippen LogP contribution in [-0.4, -0.2) is 53.7 Å². The van der Waals surface area contributed by atoms with Crippen molar-refractivity contribution in [3.8, 4) is 17.2 Å². The average Bonchev–Trinajstić information content (AvgIpc) is 3.05. The number of amides is 1. The number of ether oxygens (including phenoxy) is 3. The molecule has 0 saturated carbocycles. The molecule has 0 radical (unpaired) electrons. The van der Waals surface area contributed by atoms with E-state index in [9.17, 15) is 19.5 Å². The zero-order chi connectivity index (χ0) is 22.5. The van der Waals surface area contributed by atoms with Crippen molar-refractivity contribution in [2.45, 2.75) is 19.1 Å². The van der Waals surface area contributed by atoms with E-state index in [4.69, 9.17) is 19.3 Å². The Morgan fingerprint density at radius 3 is 2.45 bits per heavy atom. The van der Waals surface area contributed by atoms with Crippen LogP contribution >= 0.6 is 0 Å². The molecule has 1 amide bonds. The number of carboxylic acids is 1. The van der Waals surface area contributed by atoms with Crippen molar-refractivity contribution >= 4 is 23.7 Å². The number of hydrogen-bond donors (Lipinski definition) is 3. The zero-order valence-electron chi connectivity index (χ0n) is 16.8. The van der Waals surface area contributed by atoms with E-state index >= 15 is 0 Å². The molecule has 1 aliphatic rings. The highest BCUT2D eigenvalue weighted by Crippen LogP contribution is 2.35. The molecule has 2 aromatic carbocycles. The van der Waals surface area contributed by atoms with Crippen LogP contribution in [0.4, 0.5) is 0 Å². The Balaban J connectivity index is 1.65. The molecular formula is C22H21NO8. The van der Waals surface area contributed by atoms with E-state index in [2.05, 4.69) is 5.32 Å². The fraction of sp³-hybridized carbons (Fsp3) is 0.227. The molecule has 0 aromatic heterocycles. The standard InChI is InChI=1S/C22H21NO8/c1-12(24)20(22(27)28)23-19(25)11-30-15-7-8-16-17(10-15)31-18(21(16)26)9-13-3-5-14(29-2)6-4-13/h3-10,12,20,24H,11H2,1-2H3,(H,23,25)(H,27,28)/b18-9-/t12-,20-/m0/s1. The minimum absolute atomic E-state index is 0.149. The number of nitrogens with one attached hydrogen (secondary N) is 1. The third kappa shape index (κ3) is 5.20. The number of fused-ring (bicyclic) bond motifs is 1. The lowest BCUT2D eigenvalue weighted by Crippen LogP contribution is -2.49. The van der Waals surface area contributed by atoms with Gasteiger partial charge in [-0.3, -0.25) is 9.59 Å². The smallest absolute Gasteiger partial charge is 0.328 e. The molecule has 2 atom stereocenters. The lowest BCUT2D eigenvalue weighted by Gasteiger charge is -2.17. The maximum atomic E-state index is 12.5. The Morgan fingerprint density at radius 2 is 1.84 bits per heavy atom. The third-order valence-electron chi connectivity index (χ3n) is 4.49. The van der Waals surface area contributed by atoms with Crippen molar-refractivity contribution in [3.63, 3.8) is 0 Å². The van der Waals surface area contributed by atoms with Crippen molar-refractivity contribution in [2.75, 3.05) is 13.7 Å². The van der Waals surface area contributed by atoms with Crippen LogP contribution in [0.25, 0.3) is 6.08 Å². The van der Waals surface area contributed by atoms with Gasteiger partial charge in [0.25, 0.3) is 5.91 Å². The Morgan fingerprint density at radius 1 is 1.16 bits per heavy atom. The van der Waals surface area contributed by atoms with Crippen molar-refractivity contribution in [1.29, 1.82) is 0 Å². The van der Waals surface area contributed by atoms with Crippen molar-refractivity contribution in [2.24, 2.45) is 0 Å². The fourth-order valence-electron chi connectivity index (χ4n) is 2.86. The summed E-state index contributed by atoms with van der Waals surface area (Å²) in [7, 11) is 1.56. The molecule has 0 unspecified atom stereocenters. The number of carbonyl (C=O) groups excluding carboxylic acids is 2. The summed E-state index contributed by atoms with van der Waals surface area (Å²) in [5.74, 6) is -0.966. The topological polar surface area (TPSA) is 131 Å². The second kappa shape index (κ2) is 9.31. The first kappa shape index (κ1) is 21.8. The van der Waals surface area contributed by atoms with Gasteiger partial charge < -0.3 is 29.7 Å². The van der Waals surface area contributed by atoms with E-state index < -0.39 is 30.6 Å². The van der Waals surface area contributed by atoms with Crippen LogP contribution in [0.15, 0.2) is 48.2 Å². The molecule has 2 aromatic rings. The summed E-state index contributed by atoms with van der Waals surface area (Å²) in [4.78, 5) is 35.5. The van der Waals surface area contributed by atoms with Gasteiger partial charge in [0.2, 0.25) is 5.78 Å². The second-order valence-corrected chi connectivity index (χ2v) is 6.78. The fourth-order valence-corrected chi connectivity index (χ4v) is 2.86. The van der Waals surface area contributed by atoms with Crippen molar-refractivity contribution < 1.29 is 38.8 Å². The predicted octanol–water partition coefficient (Wildman–Crippen LogP) is 1.64. The van der Waals surface area contributed by atoms with Crippen molar-refractivity contribution in [3.05, 3.63) is 59.4 Å². The number of ketones is 1. The van der Waals surface area contributed by atoms with Crippen LogP contribution in [0.3, 0.4) is 0 Å². The van der Waals surface area contributed by atoms with Crippen LogP contribution in [0.2, 0.25) is 0 Å². The van der Waals surface area contributed by atoms with E-state index in [1.54, 1.807) is 37.5 Å². The summed E-state index contributed by atoms with van der Waals surface area (Å²) in [6.45, 7) is 0.781. The number of carboxylic acid groups (broad SMARTS) is 1. The first-order chi connectivity index (χ1) is 14.8. The lowest BCUT2D eigenvalue weighted by atomic mass is 10.1. The highest BCUT2D eigenvalue weighted by Gasteiger charge is 2.28. The van der Waals surface area contributed by atoms with Gasteiger partial charge in [-0.2, -0.15) is 0 Å². The minimum Gasteiger partial charge on any atom is -0.497 e. The first-order valence-corrected chi connectivity index (χ1v) is 9.34. The number of Topliss-reactive ketones (excluding diaryl/α,β-unsaturated/α-hetero) is 1. The molecule has 3 N–H and O–H groups in total. The van der Waals surface area contributed by atoms with E-state index in [-0.39, 0.29) is 23.0 Å². The number of benzene rings is 2. The molecular weight excluding hydrogens is 406 g/mol.